The van der Waals surface area contributed by atoms with E-state index in [9.17, 15) is 5.11 Å². The lowest BCUT2D eigenvalue weighted by Crippen LogP contribution is -1.96. The summed E-state index contributed by atoms with van der Waals surface area (Å²) in [5, 5.41) is 9.95. The molecular formula is C22H30O2. The summed E-state index contributed by atoms with van der Waals surface area (Å²) in [4.78, 5) is 0. The highest BCUT2D eigenvalue weighted by atomic mass is 16.5. The second-order valence-corrected chi connectivity index (χ2v) is 6.43. The van der Waals surface area contributed by atoms with E-state index in [4.69, 9.17) is 4.74 Å². The summed E-state index contributed by atoms with van der Waals surface area (Å²) in [6, 6.07) is 13.7. The highest BCUT2D eigenvalue weighted by molar-refractivity contribution is 5.45. The summed E-state index contributed by atoms with van der Waals surface area (Å²) in [6.45, 7) is 4.46. The van der Waals surface area contributed by atoms with Gasteiger partial charge in [0.15, 0.2) is 11.5 Å². The number of benzene rings is 2. The third-order valence-corrected chi connectivity index (χ3v) is 4.33. The largest absolute Gasteiger partial charge is 0.504 e. The Bertz CT molecular complexity index is 619. The van der Waals surface area contributed by atoms with E-state index >= 15 is 0 Å². The zero-order chi connectivity index (χ0) is 17.2. The van der Waals surface area contributed by atoms with Crippen molar-refractivity contribution in [2.75, 3.05) is 0 Å². The number of para-hydroxylation sites is 2. The molecule has 0 unspecified atom stereocenters. The fourth-order valence-electron chi connectivity index (χ4n) is 2.89. The van der Waals surface area contributed by atoms with Gasteiger partial charge in [-0.25, -0.2) is 0 Å². The van der Waals surface area contributed by atoms with E-state index in [1.165, 1.54) is 49.7 Å². The molecule has 2 rings (SSSR count). The molecule has 1 N–H and O–H groups in total. The minimum atomic E-state index is 0.184. The molecule has 0 aliphatic heterocycles. The second kappa shape index (κ2) is 10.0. The van der Waals surface area contributed by atoms with Crippen LogP contribution in [0.4, 0.5) is 0 Å². The summed E-state index contributed by atoms with van der Waals surface area (Å²) in [5.74, 6) is 1.57. The number of phenols is 1. The molecule has 0 saturated carbocycles. The monoisotopic (exact) mass is 326 g/mol. The van der Waals surface area contributed by atoms with E-state index in [0.29, 0.717) is 5.75 Å². The van der Waals surface area contributed by atoms with Crippen LogP contribution in [0.25, 0.3) is 0 Å². The lowest BCUT2D eigenvalue weighted by molar-refractivity contribution is 0.408. The van der Waals surface area contributed by atoms with Gasteiger partial charge in [-0.05, 0) is 55.0 Å². The van der Waals surface area contributed by atoms with Crippen molar-refractivity contribution in [2.45, 2.75) is 65.2 Å². The summed E-state index contributed by atoms with van der Waals surface area (Å²) < 4.78 is 6.00. The van der Waals surface area contributed by atoms with E-state index in [-0.39, 0.29) is 5.75 Å². The molecule has 0 aliphatic carbocycles. The molecule has 0 heterocycles. The number of rotatable bonds is 10. The molecule has 0 fully saturated rings. The predicted octanol–water partition coefficient (Wildman–Crippen LogP) is 6.65. The average Bonchev–Trinajstić information content (AvgIpc) is 2.59. The van der Waals surface area contributed by atoms with Gasteiger partial charge in [0.05, 0.1) is 0 Å². The van der Waals surface area contributed by atoms with Gasteiger partial charge >= 0.3 is 0 Å². The van der Waals surface area contributed by atoms with Crippen molar-refractivity contribution in [1.82, 2.24) is 0 Å². The molecule has 0 spiro atoms. The molecule has 0 atom stereocenters. The summed E-state index contributed by atoms with van der Waals surface area (Å²) in [6.07, 6.45) is 9.54. The predicted molar refractivity (Wildman–Crippen MR) is 101 cm³/mol. The number of aromatic hydroxyl groups is 1. The molecule has 0 saturated heterocycles. The minimum Gasteiger partial charge on any atom is -0.504 e. The van der Waals surface area contributed by atoms with Crippen molar-refractivity contribution < 1.29 is 9.84 Å². The molecule has 0 aliphatic rings. The molecule has 2 heteroatoms. The Morgan fingerprint density at radius 3 is 2.21 bits per heavy atom. The van der Waals surface area contributed by atoms with Crippen molar-refractivity contribution in [3.05, 3.63) is 53.6 Å². The number of ether oxygens (including phenoxy) is 1. The smallest absolute Gasteiger partial charge is 0.169 e. The van der Waals surface area contributed by atoms with Crippen LogP contribution in [0.5, 0.6) is 17.2 Å². The molecule has 24 heavy (non-hydrogen) atoms. The Kier molecular flexibility index (Phi) is 7.67. The minimum absolute atomic E-state index is 0.184. The van der Waals surface area contributed by atoms with Crippen molar-refractivity contribution in [3.63, 3.8) is 0 Å². The first kappa shape index (κ1) is 18.4. The Balaban J connectivity index is 2.16. The molecule has 2 aromatic carbocycles. The first-order chi connectivity index (χ1) is 11.7. The maximum Gasteiger partial charge on any atom is 0.169 e. The van der Waals surface area contributed by atoms with Crippen molar-refractivity contribution in [2.24, 2.45) is 0 Å². The van der Waals surface area contributed by atoms with Crippen LogP contribution in [0.15, 0.2) is 42.5 Å². The van der Waals surface area contributed by atoms with Gasteiger partial charge in [-0.1, -0.05) is 63.8 Å². The zero-order valence-electron chi connectivity index (χ0n) is 15.1. The normalized spacial score (nSPS) is 10.8. The van der Waals surface area contributed by atoms with Gasteiger partial charge in [0.2, 0.25) is 0 Å². The first-order valence-corrected chi connectivity index (χ1v) is 9.32. The lowest BCUT2D eigenvalue weighted by atomic mass is 10.00. The number of phenolic OH excluding ortho intramolecular Hbond substituents is 1. The third-order valence-electron chi connectivity index (χ3n) is 4.33. The summed E-state index contributed by atoms with van der Waals surface area (Å²) >= 11 is 0. The molecule has 2 nitrogen and oxygen atoms in total. The molecule has 0 radical (unpaired) electrons. The van der Waals surface area contributed by atoms with Gasteiger partial charge in [-0.2, -0.15) is 0 Å². The van der Waals surface area contributed by atoms with Crippen LogP contribution >= 0.6 is 0 Å². The Morgan fingerprint density at radius 2 is 1.50 bits per heavy atom. The van der Waals surface area contributed by atoms with Gasteiger partial charge in [0.1, 0.15) is 5.75 Å². The Labute approximate surface area is 146 Å². The maximum atomic E-state index is 9.95. The van der Waals surface area contributed by atoms with E-state index < -0.39 is 0 Å². The molecule has 130 valence electrons. The maximum absolute atomic E-state index is 9.95. The van der Waals surface area contributed by atoms with Gasteiger partial charge in [-0.3, -0.25) is 0 Å². The van der Waals surface area contributed by atoms with Crippen LogP contribution in [0, 0.1) is 0 Å². The van der Waals surface area contributed by atoms with Crippen LogP contribution < -0.4 is 4.74 Å². The Hall–Kier alpha value is -1.96. The number of hydrogen-bond acceptors (Lipinski definition) is 2. The van der Waals surface area contributed by atoms with Crippen LogP contribution in [0.1, 0.15) is 63.5 Å². The summed E-state index contributed by atoms with van der Waals surface area (Å²) in [5.41, 5.74) is 2.64. The van der Waals surface area contributed by atoms with Gasteiger partial charge in [0.25, 0.3) is 0 Å². The third kappa shape index (κ3) is 5.59. The van der Waals surface area contributed by atoms with Gasteiger partial charge in [0, 0.05) is 0 Å². The van der Waals surface area contributed by atoms with E-state index in [2.05, 4.69) is 32.0 Å². The molecule has 0 bridgehead atoms. The van der Waals surface area contributed by atoms with Crippen LogP contribution in [0.3, 0.4) is 0 Å². The van der Waals surface area contributed by atoms with E-state index in [1.54, 1.807) is 18.2 Å². The fourth-order valence-corrected chi connectivity index (χ4v) is 2.89. The lowest BCUT2D eigenvalue weighted by Gasteiger charge is -2.14. The molecule has 2 aromatic rings. The average molecular weight is 326 g/mol. The fraction of sp³-hybridized carbons (Fsp3) is 0.455. The van der Waals surface area contributed by atoms with Crippen LogP contribution in [-0.2, 0) is 12.8 Å². The van der Waals surface area contributed by atoms with Gasteiger partial charge in [-0.15, -0.1) is 0 Å². The second-order valence-electron chi connectivity index (χ2n) is 6.43. The van der Waals surface area contributed by atoms with Crippen molar-refractivity contribution in [1.29, 1.82) is 0 Å². The van der Waals surface area contributed by atoms with Crippen LogP contribution in [-0.4, -0.2) is 5.11 Å². The van der Waals surface area contributed by atoms with Crippen molar-refractivity contribution in [3.8, 4) is 17.2 Å². The quantitative estimate of drug-likeness (QED) is 0.495. The summed E-state index contributed by atoms with van der Waals surface area (Å²) in [7, 11) is 0. The molecular weight excluding hydrogens is 296 g/mol. The van der Waals surface area contributed by atoms with E-state index in [1.807, 2.05) is 6.07 Å². The van der Waals surface area contributed by atoms with E-state index in [0.717, 1.165) is 18.6 Å². The van der Waals surface area contributed by atoms with Crippen molar-refractivity contribution >= 4 is 0 Å². The SMILES string of the molecule is CCCCCc1ccc(Oc2ccccc2O)c(CCCCC)c1. The number of unbranched alkanes of at least 4 members (excludes halogenated alkanes) is 4. The topological polar surface area (TPSA) is 29.5 Å². The first-order valence-electron chi connectivity index (χ1n) is 9.32. The van der Waals surface area contributed by atoms with Gasteiger partial charge < -0.3 is 9.84 Å². The molecule has 0 aromatic heterocycles. The Morgan fingerprint density at radius 1 is 0.792 bits per heavy atom. The molecule has 0 amide bonds. The highest BCUT2D eigenvalue weighted by Crippen LogP contribution is 2.33. The zero-order valence-corrected chi connectivity index (χ0v) is 15.1. The highest BCUT2D eigenvalue weighted by Gasteiger charge is 2.09. The number of aryl methyl sites for hydroxylation is 2. The standard InChI is InChI=1S/C22H30O2/c1-3-5-7-11-18-15-16-21(19(17-18)12-8-6-4-2)24-22-14-10-9-13-20(22)23/h9-10,13-17,23H,3-8,11-12H2,1-2H3. The van der Waals surface area contributed by atoms with Crippen LogP contribution in [0.2, 0.25) is 0 Å². The number of hydrogen-bond donors (Lipinski definition) is 1.